The molecule has 0 bridgehead atoms. The maximum Gasteiger partial charge on any atom is 0.338 e. The van der Waals surface area contributed by atoms with Crippen molar-refractivity contribution in [2.24, 2.45) is 4.99 Å². The first-order valence-corrected chi connectivity index (χ1v) is 13.9. The number of phenols is 1. The van der Waals surface area contributed by atoms with E-state index in [2.05, 4.69) is 56.8 Å². The lowest BCUT2D eigenvalue weighted by molar-refractivity contribution is -0.139. The molecule has 2 aromatic carbocycles. The third-order valence-electron chi connectivity index (χ3n) is 5.42. The van der Waals surface area contributed by atoms with Crippen LogP contribution in [0.2, 0.25) is 0 Å². The van der Waals surface area contributed by atoms with E-state index in [1.165, 1.54) is 15.9 Å². The van der Waals surface area contributed by atoms with Crippen molar-refractivity contribution >= 4 is 68.6 Å². The van der Waals surface area contributed by atoms with Gasteiger partial charge >= 0.3 is 5.97 Å². The van der Waals surface area contributed by atoms with Crippen molar-refractivity contribution in [3.8, 4) is 11.5 Å². The second-order valence-electron chi connectivity index (χ2n) is 7.80. The number of esters is 1. The van der Waals surface area contributed by atoms with Crippen LogP contribution >= 0.6 is 56.5 Å². The number of rotatable bonds is 7. The molecule has 0 amide bonds. The molecule has 0 saturated heterocycles. The first kappa shape index (κ1) is 26.6. The standard InChI is InChI=1S/C26H22I2N2O5S/c1-4-10-35-18-8-6-15(7-9-18)22-21(25(33)34-5-2)14(3)29-26-30(22)24(32)20(36-26)12-16-11-17(27)13-19(28)23(16)31/h4,6-9,11-13,22,31H,1,5,10H2,2-3H3/b20-12-/t22-/m1/s1. The first-order valence-electron chi connectivity index (χ1n) is 11.0. The molecule has 10 heteroatoms. The van der Waals surface area contributed by atoms with Crippen molar-refractivity contribution in [3.05, 3.63) is 98.3 Å². The Hall–Kier alpha value is -2.45. The fourth-order valence-electron chi connectivity index (χ4n) is 3.85. The van der Waals surface area contributed by atoms with Crippen molar-refractivity contribution in [2.75, 3.05) is 13.2 Å². The van der Waals surface area contributed by atoms with E-state index in [1.807, 2.05) is 24.3 Å². The highest BCUT2D eigenvalue weighted by molar-refractivity contribution is 14.1. The van der Waals surface area contributed by atoms with E-state index in [0.29, 0.717) is 42.1 Å². The van der Waals surface area contributed by atoms with Gasteiger partial charge in [0.15, 0.2) is 4.80 Å². The van der Waals surface area contributed by atoms with Gasteiger partial charge in [0.2, 0.25) is 0 Å². The summed E-state index contributed by atoms with van der Waals surface area (Å²) in [6.45, 7) is 7.70. The Balaban J connectivity index is 1.92. The number of halogens is 2. The second kappa shape index (κ2) is 11.3. The molecule has 36 heavy (non-hydrogen) atoms. The number of ether oxygens (including phenoxy) is 2. The number of aromatic hydroxyl groups is 1. The summed E-state index contributed by atoms with van der Waals surface area (Å²) in [5.41, 5.74) is 1.75. The SMILES string of the molecule is C=CCOc1ccc([C@@H]2C(C(=O)OCC)=C(C)N=c3s/c(=C\c4cc(I)cc(I)c4O)c(=O)n32)cc1. The maximum atomic E-state index is 13.7. The highest BCUT2D eigenvalue weighted by Crippen LogP contribution is 2.32. The molecule has 1 N–H and O–H groups in total. The summed E-state index contributed by atoms with van der Waals surface area (Å²) in [7, 11) is 0. The van der Waals surface area contributed by atoms with Gasteiger partial charge < -0.3 is 14.6 Å². The summed E-state index contributed by atoms with van der Waals surface area (Å²) in [6.07, 6.45) is 3.32. The van der Waals surface area contributed by atoms with Crippen molar-refractivity contribution < 1.29 is 19.4 Å². The Morgan fingerprint density at radius 2 is 2.00 bits per heavy atom. The molecule has 1 aromatic heterocycles. The number of carbonyl (C=O) groups excluding carboxylic acids is 1. The van der Waals surface area contributed by atoms with Crippen LogP contribution in [0, 0.1) is 7.14 Å². The van der Waals surface area contributed by atoms with E-state index in [1.54, 1.807) is 38.1 Å². The minimum Gasteiger partial charge on any atom is -0.506 e. The summed E-state index contributed by atoms with van der Waals surface area (Å²) < 4.78 is 14.5. The van der Waals surface area contributed by atoms with Crippen LogP contribution in [0.1, 0.15) is 31.0 Å². The molecule has 7 nitrogen and oxygen atoms in total. The Labute approximate surface area is 238 Å². The molecule has 0 unspecified atom stereocenters. The van der Waals surface area contributed by atoms with Gasteiger partial charge in [-0.2, -0.15) is 0 Å². The molecule has 1 atom stereocenters. The van der Waals surface area contributed by atoms with Gasteiger partial charge in [0.25, 0.3) is 5.56 Å². The molecule has 1 aliphatic rings. The zero-order valence-electron chi connectivity index (χ0n) is 19.5. The zero-order valence-corrected chi connectivity index (χ0v) is 24.6. The minimum absolute atomic E-state index is 0.108. The maximum absolute atomic E-state index is 13.7. The number of hydrogen-bond acceptors (Lipinski definition) is 7. The number of nitrogens with zero attached hydrogens (tertiary/aromatic N) is 2. The van der Waals surface area contributed by atoms with Gasteiger partial charge in [-0.15, -0.1) is 0 Å². The van der Waals surface area contributed by atoms with Gasteiger partial charge in [-0.25, -0.2) is 9.79 Å². The fraction of sp³-hybridized carbons (Fsp3) is 0.192. The minimum atomic E-state index is -0.722. The van der Waals surface area contributed by atoms with Gasteiger partial charge in [-0.1, -0.05) is 36.1 Å². The number of benzene rings is 2. The van der Waals surface area contributed by atoms with Crippen molar-refractivity contribution in [3.63, 3.8) is 0 Å². The van der Waals surface area contributed by atoms with Gasteiger partial charge in [0.1, 0.15) is 18.1 Å². The molecule has 0 saturated carbocycles. The summed E-state index contributed by atoms with van der Waals surface area (Å²) in [4.78, 5) is 31.8. The lowest BCUT2D eigenvalue weighted by Crippen LogP contribution is -2.39. The third kappa shape index (κ3) is 5.30. The van der Waals surface area contributed by atoms with Crippen LogP contribution in [0.4, 0.5) is 0 Å². The molecule has 0 radical (unpaired) electrons. The number of fused-ring (bicyclic) bond motifs is 1. The topological polar surface area (TPSA) is 90.1 Å². The molecule has 0 spiro atoms. The normalized spacial score (nSPS) is 15.3. The number of allylic oxidation sites excluding steroid dienone is 1. The van der Waals surface area contributed by atoms with Crippen molar-refractivity contribution in [1.82, 2.24) is 4.57 Å². The van der Waals surface area contributed by atoms with E-state index in [9.17, 15) is 14.7 Å². The summed E-state index contributed by atoms with van der Waals surface area (Å²) in [6, 6.07) is 10.2. The molecule has 0 aliphatic carbocycles. The molecule has 0 fully saturated rings. The largest absolute Gasteiger partial charge is 0.506 e. The van der Waals surface area contributed by atoms with Crippen LogP contribution in [0.5, 0.6) is 11.5 Å². The summed E-state index contributed by atoms with van der Waals surface area (Å²) >= 11 is 5.44. The average Bonchev–Trinajstić information content (AvgIpc) is 3.14. The summed E-state index contributed by atoms with van der Waals surface area (Å²) in [5, 5.41) is 10.6. The van der Waals surface area contributed by atoms with E-state index >= 15 is 0 Å². The lowest BCUT2D eigenvalue weighted by atomic mass is 9.96. The zero-order chi connectivity index (χ0) is 26.0. The second-order valence-corrected chi connectivity index (χ2v) is 11.2. The number of carbonyl (C=O) groups is 1. The Kier molecular flexibility index (Phi) is 8.35. The fourth-order valence-corrected chi connectivity index (χ4v) is 6.77. The Bertz CT molecular complexity index is 1550. The van der Waals surface area contributed by atoms with Crippen LogP contribution < -0.4 is 19.6 Å². The Morgan fingerprint density at radius 1 is 1.28 bits per heavy atom. The quantitative estimate of drug-likeness (QED) is 0.223. The highest BCUT2D eigenvalue weighted by atomic mass is 127. The molecular weight excluding hydrogens is 706 g/mol. The number of thiazole rings is 1. The molecular formula is C26H22I2N2O5S. The predicted octanol–water partition coefficient (Wildman–Crippen LogP) is 4.28. The average molecular weight is 728 g/mol. The van der Waals surface area contributed by atoms with Gasteiger partial charge in [-0.05, 0) is 94.9 Å². The summed E-state index contributed by atoms with van der Waals surface area (Å²) in [5.74, 6) is 0.236. The molecule has 3 aromatic rings. The van der Waals surface area contributed by atoms with Crippen LogP contribution in [0.3, 0.4) is 0 Å². The Morgan fingerprint density at radius 3 is 2.67 bits per heavy atom. The number of phenolic OH excluding ortho intramolecular Hbond substituents is 1. The van der Waals surface area contributed by atoms with Gasteiger partial charge in [0, 0.05) is 9.13 Å². The van der Waals surface area contributed by atoms with Gasteiger partial charge in [0.05, 0.1) is 32.0 Å². The molecule has 4 rings (SSSR count). The third-order valence-corrected chi connectivity index (χ3v) is 7.85. The number of aromatic nitrogens is 1. The monoisotopic (exact) mass is 728 g/mol. The smallest absolute Gasteiger partial charge is 0.338 e. The molecule has 2 heterocycles. The molecule has 1 aliphatic heterocycles. The highest BCUT2D eigenvalue weighted by Gasteiger charge is 2.33. The number of hydrogen-bond donors (Lipinski definition) is 1. The van der Waals surface area contributed by atoms with E-state index in [4.69, 9.17) is 9.47 Å². The van der Waals surface area contributed by atoms with E-state index in [-0.39, 0.29) is 17.9 Å². The predicted molar refractivity (Wildman–Crippen MR) is 156 cm³/mol. The van der Waals surface area contributed by atoms with E-state index in [0.717, 1.165) is 9.13 Å². The molecule has 186 valence electrons. The van der Waals surface area contributed by atoms with Crippen LogP contribution in [0.25, 0.3) is 6.08 Å². The lowest BCUT2D eigenvalue weighted by Gasteiger charge is -2.24. The van der Waals surface area contributed by atoms with Crippen LogP contribution in [0.15, 0.2) is 70.1 Å². The first-order chi connectivity index (χ1) is 17.2. The van der Waals surface area contributed by atoms with Crippen molar-refractivity contribution in [1.29, 1.82) is 0 Å². The van der Waals surface area contributed by atoms with Crippen LogP contribution in [-0.4, -0.2) is 28.9 Å². The van der Waals surface area contributed by atoms with Gasteiger partial charge in [-0.3, -0.25) is 9.36 Å². The van der Waals surface area contributed by atoms with Crippen molar-refractivity contribution in [2.45, 2.75) is 19.9 Å². The van der Waals surface area contributed by atoms with Crippen LogP contribution in [-0.2, 0) is 9.53 Å². The van der Waals surface area contributed by atoms with E-state index < -0.39 is 12.0 Å².